The molecule has 1 rings (SSSR count). The first kappa shape index (κ1) is 13.7. The molecular formula is C13H23N3O. The van der Waals surface area contributed by atoms with E-state index in [2.05, 4.69) is 31.1 Å². The molecule has 0 radical (unpaired) electrons. The van der Waals surface area contributed by atoms with Gasteiger partial charge in [-0.25, -0.2) is 4.98 Å². The Morgan fingerprint density at radius 3 is 2.76 bits per heavy atom. The van der Waals surface area contributed by atoms with Crippen LogP contribution in [0, 0.1) is 0 Å². The largest absolute Gasteiger partial charge is 0.352 e. The molecule has 0 saturated heterocycles. The molecule has 0 saturated carbocycles. The third-order valence-electron chi connectivity index (χ3n) is 2.71. The summed E-state index contributed by atoms with van der Waals surface area (Å²) < 4.78 is 1.92. The Kier molecular flexibility index (Phi) is 5.19. The molecule has 1 atom stereocenters. The second-order valence-electron chi connectivity index (χ2n) is 4.83. The van der Waals surface area contributed by atoms with Crippen LogP contribution < -0.4 is 5.32 Å². The molecular weight excluding hydrogens is 214 g/mol. The topological polar surface area (TPSA) is 46.9 Å². The number of nitrogens with zero attached hydrogens (tertiary/aromatic N) is 2. The van der Waals surface area contributed by atoms with Crippen molar-refractivity contribution in [3.63, 3.8) is 0 Å². The molecule has 4 nitrogen and oxygen atoms in total. The summed E-state index contributed by atoms with van der Waals surface area (Å²) in [6, 6.07) is 0.249. The van der Waals surface area contributed by atoms with Crippen LogP contribution in [-0.2, 0) is 11.3 Å². The van der Waals surface area contributed by atoms with Crippen molar-refractivity contribution in [3.05, 3.63) is 18.2 Å². The fraction of sp³-hybridized carbons (Fsp3) is 0.692. The van der Waals surface area contributed by atoms with Crippen LogP contribution in [0.3, 0.4) is 0 Å². The highest BCUT2D eigenvalue weighted by atomic mass is 16.2. The Balaban J connectivity index is 2.53. The van der Waals surface area contributed by atoms with Crippen molar-refractivity contribution in [2.45, 2.75) is 59.0 Å². The fourth-order valence-electron chi connectivity index (χ4n) is 1.94. The van der Waals surface area contributed by atoms with E-state index in [1.165, 1.54) is 0 Å². The normalized spacial score (nSPS) is 12.8. The van der Waals surface area contributed by atoms with E-state index in [9.17, 15) is 4.79 Å². The maximum Gasteiger partial charge on any atom is 0.240 e. The molecule has 0 aromatic carbocycles. The van der Waals surface area contributed by atoms with Gasteiger partial charge in [-0.2, -0.15) is 0 Å². The van der Waals surface area contributed by atoms with Gasteiger partial charge in [0.15, 0.2) is 0 Å². The maximum absolute atomic E-state index is 11.8. The number of amides is 1. The van der Waals surface area contributed by atoms with Gasteiger partial charge in [0.2, 0.25) is 5.91 Å². The predicted octanol–water partition coefficient (Wildman–Crippen LogP) is 2.31. The smallest absolute Gasteiger partial charge is 0.240 e. The molecule has 0 aliphatic heterocycles. The second kappa shape index (κ2) is 6.42. The molecule has 4 heteroatoms. The summed E-state index contributed by atoms with van der Waals surface area (Å²) in [6.45, 7) is 8.68. The van der Waals surface area contributed by atoms with Crippen molar-refractivity contribution in [1.29, 1.82) is 0 Å². The van der Waals surface area contributed by atoms with Crippen LogP contribution in [0.2, 0.25) is 0 Å². The summed E-state index contributed by atoms with van der Waals surface area (Å²) in [6.07, 6.45) is 5.72. The predicted molar refractivity (Wildman–Crippen MR) is 68.8 cm³/mol. The van der Waals surface area contributed by atoms with E-state index >= 15 is 0 Å². The number of hydrogen-bond acceptors (Lipinski definition) is 2. The molecule has 0 aliphatic rings. The van der Waals surface area contributed by atoms with Crippen molar-refractivity contribution < 1.29 is 4.79 Å². The highest BCUT2D eigenvalue weighted by Gasteiger charge is 2.11. The summed E-state index contributed by atoms with van der Waals surface area (Å²) in [7, 11) is 0. The van der Waals surface area contributed by atoms with Crippen LogP contribution in [0.25, 0.3) is 0 Å². The zero-order valence-corrected chi connectivity index (χ0v) is 11.2. The van der Waals surface area contributed by atoms with E-state index in [0.29, 0.717) is 12.5 Å². The Morgan fingerprint density at radius 1 is 1.47 bits per heavy atom. The molecule has 1 heterocycles. The second-order valence-corrected chi connectivity index (χ2v) is 4.83. The van der Waals surface area contributed by atoms with E-state index in [1.807, 2.05) is 17.7 Å². The number of nitrogens with one attached hydrogen (secondary N) is 1. The van der Waals surface area contributed by atoms with Crippen LogP contribution in [0.4, 0.5) is 0 Å². The van der Waals surface area contributed by atoms with Crippen LogP contribution in [0.1, 0.15) is 52.3 Å². The average molecular weight is 237 g/mol. The van der Waals surface area contributed by atoms with Gasteiger partial charge in [-0.1, -0.05) is 27.2 Å². The van der Waals surface area contributed by atoms with E-state index in [1.54, 1.807) is 6.20 Å². The Labute approximate surface area is 103 Å². The fourth-order valence-corrected chi connectivity index (χ4v) is 1.94. The quantitative estimate of drug-likeness (QED) is 0.825. The van der Waals surface area contributed by atoms with Crippen molar-refractivity contribution >= 4 is 5.91 Å². The van der Waals surface area contributed by atoms with Crippen molar-refractivity contribution in [3.8, 4) is 0 Å². The zero-order valence-electron chi connectivity index (χ0n) is 11.2. The van der Waals surface area contributed by atoms with Crippen molar-refractivity contribution in [2.75, 3.05) is 0 Å². The van der Waals surface area contributed by atoms with Crippen molar-refractivity contribution in [2.24, 2.45) is 0 Å². The molecule has 17 heavy (non-hydrogen) atoms. The van der Waals surface area contributed by atoms with Crippen molar-refractivity contribution in [1.82, 2.24) is 14.9 Å². The third kappa shape index (κ3) is 4.21. The van der Waals surface area contributed by atoms with E-state index in [4.69, 9.17) is 0 Å². The highest BCUT2D eigenvalue weighted by Crippen LogP contribution is 2.11. The minimum atomic E-state index is 0.0610. The van der Waals surface area contributed by atoms with Gasteiger partial charge in [0, 0.05) is 24.4 Å². The van der Waals surface area contributed by atoms with Gasteiger partial charge >= 0.3 is 0 Å². The van der Waals surface area contributed by atoms with Crippen LogP contribution in [0.5, 0.6) is 0 Å². The lowest BCUT2D eigenvalue weighted by Crippen LogP contribution is -2.35. The summed E-state index contributed by atoms with van der Waals surface area (Å²) in [5, 5.41) is 3.00. The molecule has 1 aromatic rings. The SMILES string of the molecule is CCCC(C)NC(=O)Cn1ccnc1C(C)C. The number of imidazole rings is 1. The lowest BCUT2D eigenvalue weighted by Gasteiger charge is -2.14. The minimum Gasteiger partial charge on any atom is -0.352 e. The minimum absolute atomic E-state index is 0.0610. The molecule has 1 aromatic heterocycles. The van der Waals surface area contributed by atoms with Gasteiger partial charge in [0.1, 0.15) is 12.4 Å². The highest BCUT2D eigenvalue weighted by molar-refractivity contribution is 5.76. The number of hydrogen-bond donors (Lipinski definition) is 1. The first-order valence-corrected chi connectivity index (χ1v) is 6.35. The van der Waals surface area contributed by atoms with E-state index in [-0.39, 0.29) is 11.9 Å². The molecule has 0 fully saturated rings. The molecule has 96 valence electrons. The van der Waals surface area contributed by atoms with E-state index < -0.39 is 0 Å². The molecule has 0 aliphatic carbocycles. The summed E-state index contributed by atoms with van der Waals surface area (Å²) in [4.78, 5) is 16.1. The van der Waals surface area contributed by atoms with Gasteiger partial charge in [0.25, 0.3) is 0 Å². The lowest BCUT2D eigenvalue weighted by atomic mass is 10.2. The Morgan fingerprint density at radius 2 is 2.18 bits per heavy atom. The van der Waals surface area contributed by atoms with Gasteiger partial charge < -0.3 is 9.88 Å². The van der Waals surface area contributed by atoms with E-state index in [0.717, 1.165) is 18.7 Å². The molecule has 1 amide bonds. The Hall–Kier alpha value is -1.32. The number of aromatic nitrogens is 2. The first-order valence-electron chi connectivity index (χ1n) is 6.35. The standard InChI is InChI=1S/C13H23N3O/c1-5-6-11(4)15-12(17)9-16-8-7-14-13(16)10(2)3/h7-8,10-11H,5-6,9H2,1-4H3,(H,15,17). The number of rotatable bonds is 6. The Bertz CT molecular complexity index is 357. The monoisotopic (exact) mass is 237 g/mol. The van der Waals surface area contributed by atoms with Gasteiger partial charge in [-0.05, 0) is 13.3 Å². The number of carbonyl (C=O) groups excluding carboxylic acids is 1. The summed E-state index contributed by atoms with van der Waals surface area (Å²) in [5.41, 5.74) is 0. The maximum atomic E-state index is 11.8. The summed E-state index contributed by atoms with van der Waals surface area (Å²) in [5.74, 6) is 1.36. The first-order chi connectivity index (χ1) is 8.04. The molecule has 1 N–H and O–H groups in total. The van der Waals surface area contributed by atoms with Crippen LogP contribution in [0.15, 0.2) is 12.4 Å². The number of carbonyl (C=O) groups is 1. The van der Waals surface area contributed by atoms with Gasteiger partial charge in [-0.3, -0.25) is 4.79 Å². The van der Waals surface area contributed by atoms with Crippen LogP contribution in [-0.4, -0.2) is 21.5 Å². The molecule has 1 unspecified atom stereocenters. The van der Waals surface area contributed by atoms with Gasteiger partial charge in [0.05, 0.1) is 0 Å². The van der Waals surface area contributed by atoms with Crippen LogP contribution >= 0.6 is 0 Å². The lowest BCUT2D eigenvalue weighted by molar-refractivity contribution is -0.122. The zero-order chi connectivity index (χ0) is 12.8. The molecule has 0 bridgehead atoms. The van der Waals surface area contributed by atoms with Gasteiger partial charge in [-0.15, -0.1) is 0 Å². The molecule has 0 spiro atoms. The summed E-state index contributed by atoms with van der Waals surface area (Å²) >= 11 is 0. The third-order valence-corrected chi connectivity index (χ3v) is 2.71. The average Bonchev–Trinajstić information content (AvgIpc) is 2.65.